The minimum atomic E-state index is 0. The molecule has 2 heteroatoms. The van der Waals surface area contributed by atoms with Crippen molar-refractivity contribution in [3.8, 4) is 0 Å². The van der Waals surface area contributed by atoms with Crippen molar-refractivity contribution < 1.29 is 0 Å². The molecule has 0 aromatic carbocycles. The van der Waals surface area contributed by atoms with Gasteiger partial charge < -0.3 is 0 Å². The lowest BCUT2D eigenvalue weighted by Crippen LogP contribution is -1.41. The molecule has 0 atom stereocenters. The van der Waals surface area contributed by atoms with Gasteiger partial charge in [0.15, 0.2) is 0 Å². The van der Waals surface area contributed by atoms with Crippen molar-refractivity contribution >= 4 is 35.2 Å². The maximum Gasteiger partial charge on any atom is -0.0352 e. The van der Waals surface area contributed by atoms with Crippen LogP contribution >= 0.6 is 24.4 Å². The van der Waals surface area contributed by atoms with Crippen molar-refractivity contribution in [2.45, 2.75) is 13.8 Å². The summed E-state index contributed by atoms with van der Waals surface area (Å²) >= 11 is 0. The normalized spacial score (nSPS) is 5.00. The molecule has 0 aliphatic rings. The maximum atomic E-state index is 2.04. The molecule has 0 aliphatic carbocycles. The number of hydrogen-bond acceptors (Lipinski definition) is 0. The Balaban J connectivity index is 0. The molecule has 0 rings (SSSR count). The highest BCUT2D eigenvalue weighted by Gasteiger charge is 1.35. The van der Waals surface area contributed by atoms with Gasteiger partial charge in [-0.15, -0.1) is 0 Å². The second-order valence-electron chi connectivity index (χ2n) is 0.607. The highest BCUT2D eigenvalue weighted by Crippen LogP contribution is 1.55. The summed E-state index contributed by atoms with van der Waals surface area (Å²) in [5.41, 5.74) is 0. The van der Waals surface area contributed by atoms with Gasteiger partial charge in [-0.2, -0.15) is 24.4 Å². The van der Waals surface area contributed by atoms with Crippen LogP contribution in [0.3, 0.4) is 0 Å². The van der Waals surface area contributed by atoms with E-state index in [4.69, 9.17) is 0 Å². The average molecular weight is 122 g/mol. The van der Waals surface area contributed by atoms with Crippen molar-refractivity contribution in [1.29, 1.82) is 0 Å². The van der Waals surface area contributed by atoms with Crippen LogP contribution in [0.1, 0.15) is 13.8 Å². The van der Waals surface area contributed by atoms with Crippen LogP contribution in [0.2, 0.25) is 0 Å². The summed E-state index contributed by atoms with van der Waals surface area (Å²) in [6, 6.07) is 0. The maximum absolute atomic E-state index is 2.04. The largest absolute Gasteiger partial charge is 0.197 e. The summed E-state index contributed by atoms with van der Waals surface area (Å²) in [6.45, 7) is 4.04. The molecule has 0 bridgehead atoms. The summed E-state index contributed by atoms with van der Waals surface area (Å²) in [5.74, 6) is 0. The summed E-state index contributed by atoms with van der Waals surface area (Å²) < 4.78 is 0. The van der Waals surface area contributed by atoms with Crippen LogP contribution in [0.4, 0.5) is 0 Å². The van der Waals surface area contributed by atoms with Crippen LogP contribution < -0.4 is 0 Å². The van der Waals surface area contributed by atoms with Crippen molar-refractivity contribution in [3.63, 3.8) is 0 Å². The van der Waals surface area contributed by atoms with Gasteiger partial charge in [-0.25, -0.2) is 0 Å². The molecule has 0 saturated carbocycles. The Morgan fingerprint density at radius 1 is 1.17 bits per heavy atom. The summed E-state index contributed by atoms with van der Waals surface area (Å²) in [5, 5.41) is 4.08. The van der Waals surface area contributed by atoms with Crippen LogP contribution in [-0.2, 0) is 0 Å². The Labute approximate surface area is 49.6 Å². The predicted molar refractivity (Wildman–Crippen MR) is 41.4 cm³/mol. The molecular formula is C4H10S2. The molecule has 0 aromatic rings. The van der Waals surface area contributed by atoms with Crippen molar-refractivity contribution in [2.75, 3.05) is 0 Å². The molecular weight excluding hydrogens is 112 g/mol. The van der Waals surface area contributed by atoms with Gasteiger partial charge in [-0.1, -0.05) is 0 Å². The zero-order chi connectivity index (χ0) is 4.12. The Bertz CT molecular complexity index is 53.9. The molecule has 0 aromatic heterocycles. The average Bonchev–Trinajstić information content (AvgIpc) is 1.41. The van der Waals surface area contributed by atoms with E-state index in [1.807, 2.05) is 24.6 Å². The molecule has 0 saturated heterocycles. The van der Waals surface area contributed by atoms with Gasteiger partial charge in [-0.3, -0.25) is 0 Å². The highest BCUT2D eigenvalue weighted by atomic mass is 32.1. The molecule has 0 heterocycles. The van der Waals surface area contributed by atoms with E-state index in [9.17, 15) is 0 Å². The van der Waals surface area contributed by atoms with Crippen LogP contribution in [0.5, 0.6) is 0 Å². The van der Waals surface area contributed by atoms with Crippen LogP contribution in [-0.4, -0.2) is 10.7 Å². The minimum Gasteiger partial charge on any atom is -0.197 e. The monoisotopic (exact) mass is 122 g/mol. The Morgan fingerprint density at radius 3 is 1.50 bits per heavy atom. The van der Waals surface area contributed by atoms with Gasteiger partial charge in [0.05, 0.1) is 0 Å². The zero-order valence-corrected chi connectivity index (χ0v) is 5.88. The van der Waals surface area contributed by atoms with E-state index < -0.39 is 0 Å². The quantitative estimate of drug-likeness (QED) is 0.427. The van der Waals surface area contributed by atoms with Crippen molar-refractivity contribution in [2.24, 2.45) is 0 Å². The Kier molecular flexibility index (Phi) is 14.4. The van der Waals surface area contributed by atoms with Gasteiger partial charge in [0.25, 0.3) is 0 Å². The zero-order valence-electron chi connectivity index (χ0n) is 4.06. The fourth-order valence-electron chi connectivity index (χ4n) is 0.136. The molecule has 38 valence electrons. The van der Waals surface area contributed by atoms with Gasteiger partial charge in [-0.05, 0) is 24.6 Å². The highest BCUT2D eigenvalue weighted by molar-refractivity contribution is 7.95. The summed E-state index contributed by atoms with van der Waals surface area (Å²) in [7, 11) is 1.71. The van der Waals surface area contributed by atoms with Gasteiger partial charge >= 0.3 is 0 Å². The molecule has 0 spiro atoms. The summed E-state index contributed by atoms with van der Waals surface area (Å²) in [6.07, 6.45) is 0. The molecule has 0 fully saturated rings. The Hall–Kier alpha value is 0.310. The lowest BCUT2D eigenvalue weighted by Gasteiger charge is -1.48. The topological polar surface area (TPSA) is 0 Å². The standard InChI is InChI=1S/C4H8S.H2S/c1-3-5-4-2;/h3-4H,1-2H3;1H2. The summed E-state index contributed by atoms with van der Waals surface area (Å²) in [4.78, 5) is 0. The van der Waals surface area contributed by atoms with E-state index in [0.29, 0.717) is 0 Å². The fourth-order valence-corrected chi connectivity index (χ4v) is 0.408. The lowest BCUT2D eigenvalue weighted by atomic mass is 11.0. The first-order valence-electron chi connectivity index (χ1n) is 1.63. The third kappa shape index (κ3) is 8.85. The van der Waals surface area contributed by atoms with Gasteiger partial charge in [0.1, 0.15) is 0 Å². The van der Waals surface area contributed by atoms with Crippen LogP contribution in [0.15, 0.2) is 0 Å². The number of rotatable bonds is 0. The van der Waals surface area contributed by atoms with E-state index >= 15 is 0 Å². The lowest BCUT2D eigenvalue weighted by molar-refractivity contribution is 2.13. The SMILES string of the molecule is CC=S=CC.S. The second-order valence-corrected chi connectivity index (χ2v) is 1.82. The third-order valence-electron chi connectivity index (χ3n) is 0.272. The van der Waals surface area contributed by atoms with Crippen molar-refractivity contribution in [1.82, 2.24) is 0 Å². The second kappa shape index (κ2) is 9.00. The molecule has 0 nitrogen and oxygen atoms in total. The van der Waals surface area contributed by atoms with Crippen LogP contribution in [0.25, 0.3) is 0 Å². The van der Waals surface area contributed by atoms with Crippen LogP contribution in [0, 0.1) is 0 Å². The molecule has 0 aliphatic heterocycles. The molecule has 0 amide bonds. The van der Waals surface area contributed by atoms with E-state index in [-0.39, 0.29) is 13.5 Å². The molecule has 6 heavy (non-hydrogen) atoms. The van der Waals surface area contributed by atoms with E-state index in [2.05, 4.69) is 0 Å². The minimum absolute atomic E-state index is 0. The first-order chi connectivity index (χ1) is 2.41. The fraction of sp³-hybridized carbons (Fsp3) is 0.500. The smallest absolute Gasteiger partial charge is 0.0352 e. The van der Waals surface area contributed by atoms with E-state index in [1.165, 1.54) is 0 Å². The molecule has 0 radical (unpaired) electrons. The third-order valence-corrected chi connectivity index (χ3v) is 0.816. The first-order valence-corrected chi connectivity index (χ1v) is 2.57. The number of hydrogen-bond donors (Lipinski definition) is 0. The first kappa shape index (κ1) is 9.58. The molecule has 0 unspecified atom stereocenters. The Morgan fingerprint density at radius 2 is 1.50 bits per heavy atom. The van der Waals surface area contributed by atoms with Crippen molar-refractivity contribution in [3.05, 3.63) is 0 Å². The predicted octanol–water partition coefficient (Wildman–Crippen LogP) is 1.48. The molecule has 0 N–H and O–H groups in total. The van der Waals surface area contributed by atoms with E-state index in [1.54, 1.807) is 10.9 Å². The van der Waals surface area contributed by atoms with E-state index in [0.717, 1.165) is 0 Å². The van der Waals surface area contributed by atoms with Gasteiger partial charge in [0, 0.05) is 0 Å². The van der Waals surface area contributed by atoms with Gasteiger partial charge in [0.2, 0.25) is 0 Å².